The second kappa shape index (κ2) is 5.76. The second-order valence-electron chi connectivity index (χ2n) is 6.12. The van der Waals surface area contributed by atoms with Crippen LogP contribution >= 0.6 is 0 Å². The van der Waals surface area contributed by atoms with E-state index >= 15 is 0 Å². The van der Waals surface area contributed by atoms with Crippen LogP contribution in [0.3, 0.4) is 0 Å². The molecule has 4 heterocycles. The molecule has 0 atom stereocenters. The van der Waals surface area contributed by atoms with Crippen molar-refractivity contribution in [2.75, 3.05) is 25.5 Å². The number of rotatable bonds is 2. The zero-order valence-electron chi connectivity index (χ0n) is 13.7. The standard InChI is InChI=1S/C16H18N6O3/c1-17-14-15(23)22(9-3-6-21(7-4-9)16(24)25)12-10-2-5-18-13(10)19-8-11(12)20-14/h2,5,8-9H,3-4,6-7H2,1H3,(H,17,20)(H,18,19)(H,24,25). The fourth-order valence-electron chi connectivity index (χ4n) is 3.53. The first-order valence-electron chi connectivity index (χ1n) is 8.14. The van der Waals surface area contributed by atoms with E-state index in [0.29, 0.717) is 37.1 Å². The molecule has 0 aromatic carbocycles. The van der Waals surface area contributed by atoms with Gasteiger partial charge in [0.15, 0.2) is 5.82 Å². The Balaban J connectivity index is 1.92. The molecule has 0 saturated carbocycles. The van der Waals surface area contributed by atoms with Gasteiger partial charge in [-0.25, -0.2) is 14.8 Å². The molecule has 3 N–H and O–H groups in total. The third-order valence-electron chi connectivity index (χ3n) is 4.77. The highest BCUT2D eigenvalue weighted by Gasteiger charge is 2.27. The average molecular weight is 342 g/mol. The molecule has 1 aliphatic rings. The number of nitrogens with zero attached hydrogens (tertiary/aromatic N) is 4. The van der Waals surface area contributed by atoms with E-state index in [9.17, 15) is 9.59 Å². The van der Waals surface area contributed by atoms with Crippen molar-refractivity contribution in [3.05, 3.63) is 28.8 Å². The van der Waals surface area contributed by atoms with Gasteiger partial charge in [0.2, 0.25) is 0 Å². The first kappa shape index (κ1) is 15.4. The predicted octanol–water partition coefficient (Wildman–Crippen LogP) is 1.63. The summed E-state index contributed by atoms with van der Waals surface area (Å²) in [5.74, 6) is 0.268. The Hall–Kier alpha value is -3.10. The lowest BCUT2D eigenvalue weighted by atomic mass is 10.0. The third kappa shape index (κ3) is 2.39. The Morgan fingerprint density at radius 2 is 2.16 bits per heavy atom. The van der Waals surface area contributed by atoms with Crippen LogP contribution in [-0.4, -0.2) is 55.8 Å². The molecule has 1 saturated heterocycles. The Morgan fingerprint density at radius 3 is 2.84 bits per heavy atom. The number of amides is 1. The summed E-state index contributed by atoms with van der Waals surface area (Å²) >= 11 is 0. The van der Waals surface area contributed by atoms with Gasteiger partial charge in [-0.15, -0.1) is 0 Å². The first-order valence-corrected chi connectivity index (χ1v) is 8.14. The van der Waals surface area contributed by atoms with E-state index in [2.05, 4.69) is 20.3 Å². The molecule has 1 aliphatic heterocycles. The summed E-state index contributed by atoms with van der Waals surface area (Å²) in [6.45, 7) is 0.818. The van der Waals surface area contributed by atoms with Gasteiger partial charge in [0, 0.05) is 37.8 Å². The first-order chi connectivity index (χ1) is 12.1. The van der Waals surface area contributed by atoms with Gasteiger partial charge < -0.3 is 20.3 Å². The fraction of sp³-hybridized carbons (Fsp3) is 0.375. The summed E-state index contributed by atoms with van der Waals surface area (Å²) < 4.78 is 1.76. The minimum Gasteiger partial charge on any atom is -0.465 e. The maximum atomic E-state index is 13.0. The van der Waals surface area contributed by atoms with E-state index in [1.54, 1.807) is 24.0 Å². The fourth-order valence-corrected chi connectivity index (χ4v) is 3.53. The summed E-state index contributed by atoms with van der Waals surface area (Å²) in [6, 6.07) is 1.80. The van der Waals surface area contributed by atoms with Crippen molar-refractivity contribution in [3.63, 3.8) is 0 Å². The van der Waals surface area contributed by atoms with Crippen LogP contribution in [0.2, 0.25) is 0 Å². The topological polar surface area (TPSA) is 116 Å². The Kier molecular flexibility index (Phi) is 3.56. The molecule has 0 spiro atoms. The van der Waals surface area contributed by atoms with Crippen molar-refractivity contribution in [2.24, 2.45) is 0 Å². The van der Waals surface area contributed by atoms with Crippen LogP contribution < -0.4 is 10.9 Å². The van der Waals surface area contributed by atoms with Gasteiger partial charge >= 0.3 is 6.09 Å². The molecule has 0 bridgehead atoms. The van der Waals surface area contributed by atoms with Crippen molar-refractivity contribution < 1.29 is 9.90 Å². The second-order valence-corrected chi connectivity index (χ2v) is 6.12. The Morgan fingerprint density at radius 1 is 1.40 bits per heavy atom. The summed E-state index contributed by atoms with van der Waals surface area (Å²) in [5.41, 5.74) is 1.88. The van der Waals surface area contributed by atoms with E-state index in [1.165, 1.54) is 4.90 Å². The van der Waals surface area contributed by atoms with Crippen molar-refractivity contribution in [2.45, 2.75) is 18.9 Å². The van der Waals surface area contributed by atoms with Gasteiger partial charge in [-0.1, -0.05) is 0 Å². The predicted molar refractivity (Wildman–Crippen MR) is 93.1 cm³/mol. The van der Waals surface area contributed by atoms with E-state index < -0.39 is 6.09 Å². The monoisotopic (exact) mass is 342 g/mol. The molecule has 1 amide bonds. The molecule has 3 aromatic heterocycles. The molecule has 0 unspecified atom stereocenters. The summed E-state index contributed by atoms with van der Waals surface area (Å²) in [7, 11) is 1.66. The largest absolute Gasteiger partial charge is 0.465 e. The number of aromatic nitrogens is 4. The smallest absolute Gasteiger partial charge is 0.407 e. The molecular formula is C16H18N6O3. The number of aromatic amines is 1. The number of likely N-dealkylation sites (tertiary alicyclic amines) is 1. The van der Waals surface area contributed by atoms with E-state index in [4.69, 9.17) is 5.11 Å². The van der Waals surface area contributed by atoms with Crippen molar-refractivity contribution in [1.29, 1.82) is 0 Å². The normalized spacial score (nSPS) is 15.8. The maximum Gasteiger partial charge on any atom is 0.407 e. The lowest BCUT2D eigenvalue weighted by molar-refractivity contribution is 0.126. The molecule has 9 heteroatoms. The van der Waals surface area contributed by atoms with E-state index in [1.807, 2.05) is 6.07 Å². The SMILES string of the molecule is CNc1nc2cnc3[nH]ccc3c2n(C2CCN(C(=O)O)CC2)c1=O. The van der Waals surface area contributed by atoms with E-state index in [-0.39, 0.29) is 17.4 Å². The average Bonchev–Trinajstić information content (AvgIpc) is 3.10. The van der Waals surface area contributed by atoms with Crippen LogP contribution in [0, 0.1) is 0 Å². The van der Waals surface area contributed by atoms with Crippen LogP contribution in [0.1, 0.15) is 18.9 Å². The van der Waals surface area contributed by atoms with Crippen LogP contribution in [0.5, 0.6) is 0 Å². The molecule has 25 heavy (non-hydrogen) atoms. The van der Waals surface area contributed by atoms with Crippen molar-refractivity contribution in [1.82, 2.24) is 24.4 Å². The zero-order valence-corrected chi connectivity index (χ0v) is 13.7. The third-order valence-corrected chi connectivity index (χ3v) is 4.77. The number of carboxylic acid groups (broad SMARTS) is 1. The minimum absolute atomic E-state index is 0.0822. The van der Waals surface area contributed by atoms with Crippen LogP contribution in [0.25, 0.3) is 22.1 Å². The van der Waals surface area contributed by atoms with Gasteiger partial charge in [0.1, 0.15) is 11.2 Å². The van der Waals surface area contributed by atoms with Crippen LogP contribution in [-0.2, 0) is 0 Å². The van der Waals surface area contributed by atoms with Crippen LogP contribution in [0.4, 0.5) is 10.6 Å². The van der Waals surface area contributed by atoms with Crippen molar-refractivity contribution >= 4 is 34.0 Å². The highest BCUT2D eigenvalue weighted by Crippen LogP contribution is 2.28. The van der Waals surface area contributed by atoms with E-state index in [0.717, 1.165) is 10.9 Å². The number of carbonyl (C=O) groups is 1. The molecule has 130 valence electrons. The molecule has 0 aliphatic carbocycles. The number of nitrogens with one attached hydrogen (secondary N) is 2. The molecule has 3 aromatic rings. The molecule has 0 radical (unpaired) electrons. The minimum atomic E-state index is -0.918. The number of H-pyrrole nitrogens is 1. The highest BCUT2D eigenvalue weighted by molar-refractivity contribution is 6.01. The van der Waals surface area contributed by atoms with Gasteiger partial charge in [0.25, 0.3) is 5.56 Å². The number of hydrogen-bond acceptors (Lipinski definition) is 5. The molecule has 4 rings (SSSR count). The molecule has 9 nitrogen and oxygen atoms in total. The number of pyridine rings is 1. The summed E-state index contributed by atoms with van der Waals surface area (Å²) in [5, 5.41) is 12.8. The highest BCUT2D eigenvalue weighted by atomic mass is 16.4. The summed E-state index contributed by atoms with van der Waals surface area (Å²) in [4.78, 5) is 37.3. The lowest BCUT2D eigenvalue weighted by Gasteiger charge is -2.32. The van der Waals surface area contributed by atoms with Gasteiger partial charge in [-0.2, -0.15) is 0 Å². The number of hydrogen-bond donors (Lipinski definition) is 3. The Bertz CT molecular complexity index is 1020. The lowest BCUT2D eigenvalue weighted by Crippen LogP contribution is -2.40. The maximum absolute atomic E-state index is 13.0. The summed E-state index contributed by atoms with van der Waals surface area (Å²) in [6.07, 6.45) is 3.69. The van der Waals surface area contributed by atoms with Crippen LogP contribution in [0.15, 0.2) is 23.3 Å². The number of anilines is 1. The van der Waals surface area contributed by atoms with Gasteiger partial charge in [-0.3, -0.25) is 9.36 Å². The van der Waals surface area contributed by atoms with Gasteiger partial charge in [-0.05, 0) is 18.9 Å². The zero-order chi connectivity index (χ0) is 17.6. The Labute approximate surface area is 142 Å². The molecular weight excluding hydrogens is 324 g/mol. The number of fused-ring (bicyclic) bond motifs is 3. The molecule has 1 fully saturated rings. The quantitative estimate of drug-likeness (QED) is 0.652. The number of piperidine rings is 1. The van der Waals surface area contributed by atoms with Crippen molar-refractivity contribution in [3.8, 4) is 0 Å². The van der Waals surface area contributed by atoms with Gasteiger partial charge in [0.05, 0.1) is 11.7 Å².